The van der Waals surface area contributed by atoms with Crippen molar-refractivity contribution in [1.82, 2.24) is 24.5 Å². The summed E-state index contributed by atoms with van der Waals surface area (Å²) in [6.45, 7) is 3.23. The van der Waals surface area contributed by atoms with Crippen LogP contribution < -0.4 is 0 Å². The van der Waals surface area contributed by atoms with E-state index in [-0.39, 0.29) is 5.82 Å². The number of halogens is 1. The molecule has 0 amide bonds. The number of fused-ring (bicyclic) bond motifs is 1. The highest BCUT2D eigenvalue weighted by Gasteiger charge is 2.22. The largest absolute Gasteiger partial charge is 0.343 e. The van der Waals surface area contributed by atoms with Gasteiger partial charge in [0.05, 0.1) is 10.5 Å². The molecule has 0 unspecified atom stereocenters. The van der Waals surface area contributed by atoms with Gasteiger partial charge in [-0.05, 0) is 42.4 Å². The molecule has 0 N–H and O–H groups in total. The Hall–Kier alpha value is -3.56. The van der Waals surface area contributed by atoms with Gasteiger partial charge in [-0.15, -0.1) is 0 Å². The first-order valence-electron chi connectivity index (χ1n) is 11.6. The third-order valence-corrected chi connectivity index (χ3v) is 6.75. The van der Waals surface area contributed by atoms with E-state index in [4.69, 9.17) is 11.6 Å². The van der Waals surface area contributed by atoms with Crippen molar-refractivity contribution in [2.45, 2.75) is 39.2 Å². The van der Waals surface area contributed by atoms with Crippen LogP contribution in [0.3, 0.4) is 0 Å². The van der Waals surface area contributed by atoms with Crippen LogP contribution in [0.25, 0.3) is 34.4 Å². The molecule has 1 saturated carbocycles. The van der Waals surface area contributed by atoms with Crippen LogP contribution in [-0.2, 0) is 6.54 Å². The van der Waals surface area contributed by atoms with Gasteiger partial charge in [0, 0.05) is 48.7 Å². The zero-order chi connectivity index (χ0) is 23.5. The van der Waals surface area contributed by atoms with Gasteiger partial charge in [-0.1, -0.05) is 49.6 Å². The van der Waals surface area contributed by atoms with Crippen molar-refractivity contribution in [1.29, 1.82) is 5.26 Å². The van der Waals surface area contributed by atoms with Crippen molar-refractivity contribution >= 4 is 34.8 Å². The molecular weight excluding hydrogens is 444 g/mol. The normalized spacial score (nSPS) is 18.4. The van der Waals surface area contributed by atoms with Crippen LogP contribution in [0.2, 0.25) is 5.02 Å². The van der Waals surface area contributed by atoms with Crippen molar-refractivity contribution in [3.05, 3.63) is 71.2 Å². The Morgan fingerprint density at radius 2 is 1.97 bits per heavy atom. The highest BCUT2D eigenvalue weighted by molar-refractivity contribution is 6.30. The highest BCUT2D eigenvalue weighted by atomic mass is 35.5. The number of nitrogens with zero attached hydrogens (tertiary/aromatic N) is 6. The van der Waals surface area contributed by atoms with Gasteiger partial charge in [0.25, 0.3) is 0 Å². The molecule has 1 aliphatic carbocycles. The topological polar surface area (TPSA) is 80.3 Å². The first-order valence-corrected chi connectivity index (χ1v) is 12.0. The minimum atomic E-state index is 0.128. The van der Waals surface area contributed by atoms with Crippen molar-refractivity contribution in [3.8, 4) is 17.3 Å². The van der Waals surface area contributed by atoms with E-state index in [0.29, 0.717) is 16.6 Å². The summed E-state index contributed by atoms with van der Waals surface area (Å²) in [5, 5.41) is 10.2. The van der Waals surface area contributed by atoms with E-state index in [1.54, 1.807) is 18.6 Å². The molecule has 0 radical (unpaired) electrons. The Labute approximate surface area is 204 Å². The molecule has 4 heterocycles. The summed E-state index contributed by atoms with van der Waals surface area (Å²) in [7, 11) is 0. The molecule has 4 aromatic rings. The van der Waals surface area contributed by atoms with E-state index in [1.807, 2.05) is 36.5 Å². The summed E-state index contributed by atoms with van der Waals surface area (Å²) in [5.74, 6) is 1.52. The number of hydrogen-bond acceptors (Lipinski definition) is 5. The average molecular weight is 469 g/mol. The van der Waals surface area contributed by atoms with E-state index >= 15 is 0 Å². The molecule has 0 saturated heterocycles. The monoisotopic (exact) mass is 468 g/mol. The molecule has 0 bridgehead atoms. The second kappa shape index (κ2) is 9.74. The van der Waals surface area contributed by atoms with Gasteiger partial charge in [0.1, 0.15) is 17.3 Å². The third-order valence-electron chi connectivity index (χ3n) is 6.55. The molecule has 0 atom stereocenters. The van der Waals surface area contributed by atoms with Crippen LogP contribution >= 0.6 is 11.6 Å². The SMILES string of the molecule is C[C@H]1CC[C@H](Cn2cc(C=Cc3cccnc3)c3nc(C#N)nc(-c4cncc(Cl)c4)c32)CC1. The van der Waals surface area contributed by atoms with Crippen LogP contribution in [-0.4, -0.2) is 24.5 Å². The van der Waals surface area contributed by atoms with E-state index in [2.05, 4.69) is 43.7 Å². The fourth-order valence-electron chi connectivity index (χ4n) is 4.73. The molecule has 4 aromatic heterocycles. The fourth-order valence-corrected chi connectivity index (χ4v) is 4.90. The van der Waals surface area contributed by atoms with Gasteiger partial charge in [0.2, 0.25) is 5.82 Å². The average Bonchev–Trinajstić information content (AvgIpc) is 3.21. The lowest BCUT2D eigenvalue weighted by atomic mass is 9.83. The van der Waals surface area contributed by atoms with Gasteiger partial charge in [-0.25, -0.2) is 9.97 Å². The maximum Gasteiger partial charge on any atom is 0.233 e. The Kier molecular flexibility index (Phi) is 6.37. The molecule has 170 valence electrons. The third kappa shape index (κ3) is 4.71. The van der Waals surface area contributed by atoms with Crippen molar-refractivity contribution < 1.29 is 0 Å². The lowest BCUT2D eigenvalue weighted by Crippen LogP contribution is -2.17. The first-order chi connectivity index (χ1) is 16.6. The minimum absolute atomic E-state index is 0.128. The summed E-state index contributed by atoms with van der Waals surface area (Å²) in [6.07, 6.45) is 18.0. The molecule has 5 rings (SSSR count). The molecule has 1 aliphatic rings. The van der Waals surface area contributed by atoms with Gasteiger partial charge >= 0.3 is 0 Å². The van der Waals surface area contributed by atoms with Gasteiger partial charge in [0.15, 0.2) is 0 Å². The summed E-state index contributed by atoms with van der Waals surface area (Å²) in [5.41, 5.74) is 5.06. The Bertz CT molecular complexity index is 1380. The second-order valence-electron chi connectivity index (χ2n) is 9.08. The standard InChI is InChI=1S/C27H25ClN6/c1-18-4-6-20(7-5-18)16-34-17-21(9-8-19-3-2-10-30-13-19)25-27(34)26(33-24(12-29)32-25)22-11-23(28)15-31-14-22/h2-3,8-11,13-15,17-18,20H,4-7,16H2,1H3/t18-,20-. The quantitative estimate of drug-likeness (QED) is 0.338. The number of hydrogen-bond donors (Lipinski definition) is 0. The summed E-state index contributed by atoms with van der Waals surface area (Å²) < 4.78 is 2.26. The minimum Gasteiger partial charge on any atom is -0.343 e. The van der Waals surface area contributed by atoms with Gasteiger partial charge in [-0.3, -0.25) is 9.97 Å². The molecule has 0 aliphatic heterocycles. The zero-order valence-corrected chi connectivity index (χ0v) is 19.8. The maximum atomic E-state index is 9.66. The van der Waals surface area contributed by atoms with Gasteiger partial charge < -0.3 is 4.57 Å². The second-order valence-corrected chi connectivity index (χ2v) is 9.52. The molecule has 34 heavy (non-hydrogen) atoms. The van der Waals surface area contributed by atoms with E-state index in [1.165, 1.54) is 25.7 Å². The van der Waals surface area contributed by atoms with Crippen molar-refractivity contribution in [2.24, 2.45) is 11.8 Å². The zero-order valence-electron chi connectivity index (χ0n) is 19.0. The Morgan fingerprint density at radius 1 is 1.12 bits per heavy atom. The van der Waals surface area contributed by atoms with Crippen molar-refractivity contribution in [3.63, 3.8) is 0 Å². The number of nitriles is 1. The van der Waals surface area contributed by atoms with Crippen LogP contribution in [0.4, 0.5) is 0 Å². The lowest BCUT2D eigenvalue weighted by molar-refractivity contribution is 0.267. The van der Waals surface area contributed by atoms with E-state index in [9.17, 15) is 5.26 Å². The lowest BCUT2D eigenvalue weighted by Gasteiger charge is -2.26. The highest BCUT2D eigenvalue weighted by Crippen LogP contribution is 2.34. The predicted molar refractivity (Wildman–Crippen MR) is 135 cm³/mol. The summed E-state index contributed by atoms with van der Waals surface area (Å²) in [4.78, 5) is 17.7. The fraction of sp³-hybridized carbons (Fsp3) is 0.296. The molecular formula is C27H25ClN6. The molecule has 7 heteroatoms. The Balaban J connectivity index is 1.67. The van der Waals surface area contributed by atoms with Gasteiger partial charge in [-0.2, -0.15) is 5.26 Å². The predicted octanol–water partition coefficient (Wildman–Crippen LogP) is 6.41. The molecule has 6 nitrogen and oxygen atoms in total. The Morgan fingerprint density at radius 3 is 2.71 bits per heavy atom. The number of rotatable bonds is 5. The maximum absolute atomic E-state index is 9.66. The van der Waals surface area contributed by atoms with E-state index < -0.39 is 0 Å². The molecule has 0 aromatic carbocycles. The van der Waals surface area contributed by atoms with E-state index in [0.717, 1.165) is 40.2 Å². The van der Waals surface area contributed by atoms with Crippen LogP contribution in [0.5, 0.6) is 0 Å². The van der Waals surface area contributed by atoms with Crippen LogP contribution in [0, 0.1) is 23.2 Å². The molecule has 0 spiro atoms. The van der Waals surface area contributed by atoms with Crippen LogP contribution in [0.15, 0.2) is 49.2 Å². The first kappa shape index (κ1) is 22.2. The smallest absolute Gasteiger partial charge is 0.233 e. The summed E-state index contributed by atoms with van der Waals surface area (Å²) in [6, 6.07) is 7.87. The number of aromatic nitrogens is 5. The summed E-state index contributed by atoms with van der Waals surface area (Å²) >= 11 is 6.26. The van der Waals surface area contributed by atoms with Crippen molar-refractivity contribution in [2.75, 3.05) is 0 Å². The number of pyridine rings is 2. The van der Waals surface area contributed by atoms with Crippen LogP contribution in [0.1, 0.15) is 49.6 Å². The molecule has 1 fully saturated rings.